The van der Waals surface area contributed by atoms with Gasteiger partial charge in [0.15, 0.2) is 16.4 Å². The van der Waals surface area contributed by atoms with Crippen molar-refractivity contribution in [2.45, 2.75) is 68.9 Å². The quantitative estimate of drug-likeness (QED) is 0.236. The Morgan fingerprint density at radius 2 is 1.75 bits per heavy atom. The molecule has 1 heterocycles. The van der Waals surface area contributed by atoms with Gasteiger partial charge in [-0.1, -0.05) is 44.0 Å². The second kappa shape index (κ2) is 12.1. The van der Waals surface area contributed by atoms with Crippen LogP contribution < -0.4 is 9.47 Å². The Labute approximate surface area is 225 Å². The van der Waals surface area contributed by atoms with Crippen molar-refractivity contribution in [3.05, 3.63) is 64.7 Å². The molecule has 0 fully saturated rings. The Morgan fingerprint density at radius 1 is 0.944 bits per heavy atom. The SMILES string of the molecule is CCN(CC)CCC1CCCC([SH+]c2ccc3c(Cl)cccc3c2)Cc2cc3c(cc2CC1)OCO3. The molecule has 3 aromatic carbocycles. The number of aryl methyl sites for hydroxylation is 1. The zero-order valence-electron chi connectivity index (χ0n) is 21.6. The number of benzene rings is 3. The highest BCUT2D eigenvalue weighted by molar-refractivity contribution is 7.79. The lowest BCUT2D eigenvalue weighted by Crippen LogP contribution is -2.26. The molecule has 2 aliphatic rings. The third-order valence-corrected chi connectivity index (χ3v) is 9.72. The molecule has 192 valence electrons. The molecule has 1 aliphatic carbocycles. The van der Waals surface area contributed by atoms with Crippen molar-refractivity contribution < 1.29 is 9.47 Å². The summed E-state index contributed by atoms with van der Waals surface area (Å²) in [4.78, 5) is 3.95. The summed E-state index contributed by atoms with van der Waals surface area (Å²) in [6.07, 6.45) is 8.68. The first kappa shape index (κ1) is 25.8. The fourth-order valence-corrected chi connectivity index (χ4v) is 7.42. The summed E-state index contributed by atoms with van der Waals surface area (Å²) in [5, 5.41) is 3.78. The van der Waals surface area contributed by atoms with Crippen LogP contribution in [0.3, 0.4) is 0 Å². The second-order valence-corrected chi connectivity index (χ2v) is 12.2. The molecule has 0 spiro atoms. The minimum atomic E-state index is 0.339. The van der Waals surface area contributed by atoms with Gasteiger partial charge in [0, 0.05) is 34.7 Å². The lowest BCUT2D eigenvalue weighted by Gasteiger charge is -2.25. The van der Waals surface area contributed by atoms with Crippen molar-refractivity contribution in [1.29, 1.82) is 0 Å². The molecule has 2 atom stereocenters. The van der Waals surface area contributed by atoms with Crippen molar-refractivity contribution >= 4 is 34.1 Å². The Hall–Kier alpha value is -1.88. The van der Waals surface area contributed by atoms with Crippen LogP contribution in [0.15, 0.2) is 53.4 Å². The predicted octanol–water partition coefficient (Wildman–Crippen LogP) is 7.47. The Kier molecular flexibility index (Phi) is 8.66. The standard InChI is InChI=1S/C31H38ClNO2S/c1-3-33(4-2)16-15-22-7-5-9-26(36-27-13-14-28-24(17-27)8-6-10-29(28)32)18-25-20-31-30(34-21-35-31)19-23(25)12-11-22/h6,8,10,13-14,17,19-20,22,26H,3-5,7,9,11-12,15-16,18,21H2,1-2H3/p+1. The zero-order valence-corrected chi connectivity index (χ0v) is 23.3. The summed E-state index contributed by atoms with van der Waals surface area (Å²) in [6, 6.07) is 17.5. The fraction of sp³-hybridized carbons (Fsp3) is 0.484. The van der Waals surface area contributed by atoms with Gasteiger partial charge in [-0.3, -0.25) is 0 Å². The van der Waals surface area contributed by atoms with Gasteiger partial charge >= 0.3 is 0 Å². The fourth-order valence-electron chi connectivity index (χ4n) is 5.78. The van der Waals surface area contributed by atoms with Crippen LogP contribution in [0.4, 0.5) is 0 Å². The van der Waals surface area contributed by atoms with Crippen LogP contribution in [-0.2, 0) is 24.6 Å². The largest absolute Gasteiger partial charge is 0.454 e. The molecule has 0 amide bonds. The van der Waals surface area contributed by atoms with Crippen LogP contribution in [-0.4, -0.2) is 36.6 Å². The molecule has 0 saturated carbocycles. The molecule has 0 N–H and O–H groups in total. The molecule has 3 aromatic rings. The van der Waals surface area contributed by atoms with E-state index in [0.29, 0.717) is 12.0 Å². The molecule has 2 unspecified atom stereocenters. The average molecular weight is 525 g/mol. The maximum Gasteiger partial charge on any atom is 0.231 e. The highest BCUT2D eigenvalue weighted by Crippen LogP contribution is 2.38. The molecule has 5 rings (SSSR count). The van der Waals surface area contributed by atoms with Gasteiger partial charge in [0.05, 0.1) is 0 Å². The predicted molar refractivity (Wildman–Crippen MR) is 154 cm³/mol. The topological polar surface area (TPSA) is 21.7 Å². The molecule has 36 heavy (non-hydrogen) atoms. The first-order chi connectivity index (χ1) is 17.6. The number of ether oxygens (including phenoxy) is 2. The van der Waals surface area contributed by atoms with E-state index in [2.05, 4.69) is 55.1 Å². The molecule has 1 aliphatic heterocycles. The van der Waals surface area contributed by atoms with Gasteiger partial charge in [-0.2, -0.15) is 0 Å². The Bertz CT molecular complexity index is 1180. The summed E-state index contributed by atoms with van der Waals surface area (Å²) in [6.45, 7) is 8.40. The van der Waals surface area contributed by atoms with Crippen LogP contribution in [0.1, 0.15) is 57.1 Å². The lowest BCUT2D eigenvalue weighted by molar-refractivity contribution is 0.174. The van der Waals surface area contributed by atoms with E-state index in [-0.39, 0.29) is 0 Å². The Morgan fingerprint density at radius 3 is 2.56 bits per heavy atom. The van der Waals surface area contributed by atoms with Crippen molar-refractivity contribution in [1.82, 2.24) is 4.90 Å². The third kappa shape index (κ3) is 6.15. The second-order valence-electron chi connectivity index (χ2n) is 10.3. The van der Waals surface area contributed by atoms with E-state index in [1.165, 1.54) is 71.8 Å². The van der Waals surface area contributed by atoms with Crippen LogP contribution in [0.25, 0.3) is 10.8 Å². The first-order valence-electron chi connectivity index (χ1n) is 13.7. The van der Waals surface area contributed by atoms with Crippen molar-refractivity contribution in [2.24, 2.45) is 5.92 Å². The number of thiol groups is 1. The summed E-state index contributed by atoms with van der Waals surface area (Å²) >= 11 is 7.83. The summed E-state index contributed by atoms with van der Waals surface area (Å²) in [5.74, 6) is 2.62. The first-order valence-corrected chi connectivity index (χ1v) is 15.0. The smallest absolute Gasteiger partial charge is 0.231 e. The third-order valence-electron chi connectivity index (χ3n) is 8.01. The number of fused-ring (bicyclic) bond motifs is 3. The molecule has 0 aromatic heterocycles. The van der Waals surface area contributed by atoms with E-state index in [1.54, 1.807) is 0 Å². The van der Waals surface area contributed by atoms with Gasteiger partial charge in [-0.15, -0.1) is 0 Å². The van der Waals surface area contributed by atoms with Crippen LogP contribution in [0, 0.1) is 5.92 Å². The number of hydrogen-bond donors (Lipinski definition) is 0. The van der Waals surface area contributed by atoms with Crippen LogP contribution >= 0.6 is 11.6 Å². The maximum absolute atomic E-state index is 6.43. The van der Waals surface area contributed by atoms with E-state index in [0.717, 1.165) is 53.8 Å². The lowest BCUT2D eigenvalue weighted by atomic mass is 9.87. The van der Waals surface area contributed by atoms with Gasteiger partial charge < -0.3 is 14.4 Å². The summed E-state index contributed by atoms with van der Waals surface area (Å²) < 4.78 is 11.5. The van der Waals surface area contributed by atoms with Gasteiger partial charge in [-0.25, -0.2) is 0 Å². The monoisotopic (exact) mass is 524 g/mol. The number of rotatable bonds is 7. The van der Waals surface area contributed by atoms with E-state index in [9.17, 15) is 0 Å². The normalized spacial score (nSPS) is 20.0. The molecule has 0 bridgehead atoms. The van der Waals surface area contributed by atoms with Crippen molar-refractivity contribution in [2.75, 3.05) is 26.4 Å². The minimum absolute atomic E-state index is 0.339. The van der Waals surface area contributed by atoms with Crippen molar-refractivity contribution in [3.63, 3.8) is 0 Å². The molecule has 3 nitrogen and oxygen atoms in total. The van der Waals surface area contributed by atoms with E-state index in [4.69, 9.17) is 21.1 Å². The Balaban J connectivity index is 1.37. The molecular formula is C31H39ClNO2S+. The van der Waals surface area contributed by atoms with Gasteiger partial charge in [0.2, 0.25) is 6.79 Å². The van der Waals surface area contributed by atoms with Crippen LogP contribution in [0.2, 0.25) is 5.02 Å². The van der Waals surface area contributed by atoms with Gasteiger partial charge in [0.25, 0.3) is 0 Å². The summed E-state index contributed by atoms with van der Waals surface area (Å²) in [5.41, 5.74) is 2.91. The average Bonchev–Trinajstić information content (AvgIpc) is 3.34. The van der Waals surface area contributed by atoms with Gasteiger partial charge in [0.1, 0.15) is 5.25 Å². The number of hydrogen-bond acceptors (Lipinski definition) is 3. The van der Waals surface area contributed by atoms with Crippen molar-refractivity contribution in [3.8, 4) is 11.5 Å². The van der Waals surface area contributed by atoms with E-state index >= 15 is 0 Å². The number of halogens is 1. The highest BCUT2D eigenvalue weighted by atomic mass is 35.5. The van der Waals surface area contributed by atoms with Crippen LogP contribution in [0.5, 0.6) is 11.5 Å². The zero-order chi connectivity index (χ0) is 24.9. The molecular weight excluding hydrogens is 486 g/mol. The summed E-state index contributed by atoms with van der Waals surface area (Å²) in [7, 11) is 0. The molecule has 0 saturated heterocycles. The maximum atomic E-state index is 6.43. The minimum Gasteiger partial charge on any atom is -0.454 e. The van der Waals surface area contributed by atoms with Gasteiger partial charge in [-0.05, 0) is 105 Å². The number of nitrogens with zero attached hydrogens (tertiary/aromatic N) is 1. The molecule has 5 heteroatoms. The highest BCUT2D eigenvalue weighted by Gasteiger charge is 2.26. The molecule has 0 radical (unpaired) electrons. The van der Waals surface area contributed by atoms with E-state index < -0.39 is 0 Å². The van der Waals surface area contributed by atoms with E-state index in [1.807, 2.05) is 12.1 Å².